The number of likely N-dealkylation sites (N-methyl/N-ethyl adjacent to an activating group) is 1. The van der Waals surface area contributed by atoms with Crippen LogP contribution < -0.4 is 4.90 Å². The number of nitrogens with zero attached hydrogens (tertiary/aromatic N) is 1. The molecule has 1 heterocycles. The molecule has 1 aromatic carbocycles. The Hall–Kier alpha value is -1.94. The van der Waals surface area contributed by atoms with Gasteiger partial charge in [0.2, 0.25) is 0 Å². The molecule has 2 rings (SSSR count). The van der Waals surface area contributed by atoms with E-state index >= 15 is 0 Å². The third-order valence-electron chi connectivity index (χ3n) is 3.12. The lowest BCUT2D eigenvalue weighted by molar-refractivity contribution is -0.133. The number of aliphatic hydroxyl groups is 1. The van der Waals surface area contributed by atoms with E-state index in [9.17, 15) is 14.7 Å². The van der Waals surface area contributed by atoms with E-state index in [0.717, 1.165) is 5.56 Å². The molecule has 88 valence electrons. The summed E-state index contributed by atoms with van der Waals surface area (Å²) in [4.78, 5) is 24.2. The van der Waals surface area contributed by atoms with Crippen molar-refractivity contribution in [2.45, 2.75) is 12.5 Å². The minimum atomic E-state index is -1.92. The highest BCUT2D eigenvalue weighted by Gasteiger charge is 2.50. The molecule has 1 aliphatic rings. The zero-order valence-electron chi connectivity index (χ0n) is 9.73. The van der Waals surface area contributed by atoms with Crippen molar-refractivity contribution >= 4 is 17.9 Å². The highest BCUT2D eigenvalue weighted by atomic mass is 16.3. The van der Waals surface area contributed by atoms with E-state index in [1.54, 1.807) is 19.2 Å². The molecule has 17 heavy (non-hydrogen) atoms. The van der Waals surface area contributed by atoms with Crippen molar-refractivity contribution in [3.8, 4) is 0 Å². The second-order valence-corrected chi connectivity index (χ2v) is 4.24. The molecule has 0 fully saturated rings. The minimum absolute atomic E-state index is 0.140. The Kier molecular flexibility index (Phi) is 2.40. The number of benzene rings is 1. The van der Waals surface area contributed by atoms with Crippen LogP contribution >= 0.6 is 0 Å². The average Bonchev–Trinajstić information content (AvgIpc) is 2.51. The van der Waals surface area contributed by atoms with Gasteiger partial charge in [-0.05, 0) is 13.0 Å². The van der Waals surface area contributed by atoms with E-state index in [-0.39, 0.29) is 5.57 Å². The van der Waals surface area contributed by atoms with Crippen LogP contribution in [0.4, 0.5) is 5.69 Å². The lowest BCUT2D eigenvalue weighted by Gasteiger charge is -2.21. The number of fused-ring (bicyclic) bond motifs is 1. The predicted octanol–water partition coefficient (Wildman–Crippen LogP) is 0.914. The Balaban J connectivity index is 2.73. The van der Waals surface area contributed by atoms with Gasteiger partial charge in [-0.2, -0.15) is 0 Å². The Morgan fingerprint density at radius 2 is 2.18 bits per heavy atom. The molecular weight excluding hydrogens is 218 g/mol. The molecular formula is C13H13NO3. The molecule has 1 amide bonds. The van der Waals surface area contributed by atoms with E-state index in [2.05, 4.69) is 6.58 Å². The largest absolute Gasteiger partial charge is 0.372 e. The van der Waals surface area contributed by atoms with Gasteiger partial charge in [0.25, 0.3) is 5.91 Å². The highest BCUT2D eigenvalue weighted by molar-refractivity contribution is 6.11. The lowest BCUT2D eigenvalue weighted by atomic mass is 9.88. The normalized spacial score (nSPS) is 22.5. The zero-order valence-corrected chi connectivity index (χ0v) is 9.73. The molecule has 1 N–H and O–H groups in total. The second kappa shape index (κ2) is 3.53. The van der Waals surface area contributed by atoms with E-state index in [4.69, 9.17) is 0 Å². The number of anilines is 1. The summed E-state index contributed by atoms with van der Waals surface area (Å²) in [6.07, 6.45) is 0.420. The van der Waals surface area contributed by atoms with Gasteiger partial charge < -0.3 is 10.0 Å². The van der Waals surface area contributed by atoms with Gasteiger partial charge in [0, 0.05) is 18.2 Å². The molecule has 0 radical (unpaired) electrons. The number of hydrogen-bond donors (Lipinski definition) is 1. The van der Waals surface area contributed by atoms with Crippen LogP contribution in [0, 0.1) is 6.92 Å². The van der Waals surface area contributed by atoms with E-state index in [0.29, 0.717) is 17.5 Å². The van der Waals surface area contributed by atoms with Crippen LogP contribution in [0.15, 0.2) is 30.4 Å². The van der Waals surface area contributed by atoms with Crippen molar-refractivity contribution in [3.05, 3.63) is 41.5 Å². The molecule has 1 aliphatic heterocycles. The second-order valence-electron chi connectivity index (χ2n) is 4.24. The summed E-state index contributed by atoms with van der Waals surface area (Å²) >= 11 is 0. The quantitative estimate of drug-likeness (QED) is 0.608. The molecule has 1 aromatic rings. The molecule has 0 saturated heterocycles. The molecule has 1 atom stereocenters. The third kappa shape index (κ3) is 1.34. The Bertz CT molecular complexity index is 535. The maximum atomic E-state index is 12.1. The van der Waals surface area contributed by atoms with Crippen LogP contribution in [-0.2, 0) is 15.2 Å². The van der Waals surface area contributed by atoms with Crippen LogP contribution in [0.3, 0.4) is 0 Å². The first kappa shape index (κ1) is 11.5. The number of carbonyl (C=O) groups excluding carboxylic acids is 2. The fourth-order valence-electron chi connectivity index (χ4n) is 2.10. The molecule has 0 bridgehead atoms. The number of carbonyl (C=O) groups is 2. The predicted molar refractivity (Wildman–Crippen MR) is 63.7 cm³/mol. The molecule has 0 saturated carbocycles. The van der Waals surface area contributed by atoms with Gasteiger partial charge >= 0.3 is 0 Å². The van der Waals surface area contributed by atoms with Gasteiger partial charge in [-0.25, -0.2) is 0 Å². The number of aldehydes is 1. The first-order valence-electron chi connectivity index (χ1n) is 5.19. The van der Waals surface area contributed by atoms with Crippen molar-refractivity contribution in [1.82, 2.24) is 0 Å². The van der Waals surface area contributed by atoms with Crippen molar-refractivity contribution in [3.63, 3.8) is 0 Å². The van der Waals surface area contributed by atoms with Crippen LogP contribution in [0.2, 0.25) is 0 Å². The lowest BCUT2D eigenvalue weighted by Crippen LogP contribution is -2.40. The summed E-state index contributed by atoms with van der Waals surface area (Å²) in [7, 11) is 1.56. The van der Waals surface area contributed by atoms with Gasteiger partial charge in [-0.3, -0.25) is 9.59 Å². The zero-order chi connectivity index (χ0) is 12.8. The van der Waals surface area contributed by atoms with Gasteiger partial charge in [0.15, 0.2) is 5.60 Å². The van der Waals surface area contributed by atoms with Crippen molar-refractivity contribution in [2.24, 2.45) is 0 Å². The Labute approximate surface area is 99.2 Å². The maximum Gasteiger partial charge on any atom is 0.268 e. The van der Waals surface area contributed by atoms with Crippen molar-refractivity contribution < 1.29 is 14.7 Å². The molecule has 4 nitrogen and oxygen atoms in total. The summed E-state index contributed by atoms with van der Waals surface area (Å²) in [6, 6.07) is 5.29. The summed E-state index contributed by atoms with van der Waals surface area (Å²) in [6.45, 7) is 5.33. The summed E-state index contributed by atoms with van der Waals surface area (Å²) in [5, 5.41) is 10.5. The summed E-state index contributed by atoms with van der Waals surface area (Å²) in [5.41, 5.74) is -0.131. The molecule has 0 unspecified atom stereocenters. The maximum absolute atomic E-state index is 12.1. The molecule has 0 spiro atoms. The molecule has 0 aliphatic carbocycles. The van der Waals surface area contributed by atoms with E-state index in [1.165, 1.54) is 4.90 Å². The molecule has 4 heteroatoms. The SMILES string of the molecule is C=C(C=O)[C@@]1(O)C(=O)N(C)c2ccc(C)cc21. The van der Waals surface area contributed by atoms with Crippen LogP contribution in [0.1, 0.15) is 11.1 Å². The van der Waals surface area contributed by atoms with Gasteiger partial charge in [0.1, 0.15) is 6.29 Å². The van der Waals surface area contributed by atoms with Gasteiger partial charge in [-0.15, -0.1) is 0 Å². The first-order valence-corrected chi connectivity index (χ1v) is 5.19. The smallest absolute Gasteiger partial charge is 0.268 e. The number of hydrogen-bond acceptors (Lipinski definition) is 3. The van der Waals surface area contributed by atoms with Gasteiger partial charge in [-0.1, -0.05) is 24.3 Å². The van der Waals surface area contributed by atoms with Crippen LogP contribution in [-0.4, -0.2) is 24.3 Å². The number of amides is 1. The summed E-state index contributed by atoms with van der Waals surface area (Å²) < 4.78 is 0. The van der Waals surface area contributed by atoms with Crippen molar-refractivity contribution in [2.75, 3.05) is 11.9 Å². The fourth-order valence-corrected chi connectivity index (χ4v) is 2.10. The van der Waals surface area contributed by atoms with Crippen LogP contribution in [0.25, 0.3) is 0 Å². The highest BCUT2D eigenvalue weighted by Crippen LogP contribution is 2.43. The number of rotatable bonds is 2. The summed E-state index contributed by atoms with van der Waals surface area (Å²) in [5.74, 6) is -0.546. The van der Waals surface area contributed by atoms with E-state index < -0.39 is 11.5 Å². The Morgan fingerprint density at radius 3 is 2.76 bits per heavy atom. The van der Waals surface area contributed by atoms with Gasteiger partial charge in [0.05, 0.1) is 5.69 Å². The van der Waals surface area contributed by atoms with Crippen LogP contribution in [0.5, 0.6) is 0 Å². The standard InChI is InChI=1S/C13H13NO3/c1-8-4-5-11-10(6-8)13(17,9(2)7-15)12(16)14(11)3/h4-7,17H,2H2,1,3H3/t13-/m0/s1. The Morgan fingerprint density at radius 1 is 1.53 bits per heavy atom. The first-order chi connectivity index (χ1) is 7.92. The molecule has 0 aromatic heterocycles. The number of aryl methyl sites for hydroxylation is 1. The average molecular weight is 231 g/mol. The third-order valence-corrected chi connectivity index (χ3v) is 3.12. The fraction of sp³-hybridized carbons (Fsp3) is 0.231. The van der Waals surface area contributed by atoms with E-state index in [1.807, 2.05) is 13.0 Å². The topological polar surface area (TPSA) is 57.6 Å². The minimum Gasteiger partial charge on any atom is -0.372 e. The monoisotopic (exact) mass is 231 g/mol. The van der Waals surface area contributed by atoms with Crippen molar-refractivity contribution in [1.29, 1.82) is 0 Å².